The summed E-state index contributed by atoms with van der Waals surface area (Å²) in [7, 11) is -3.67. The van der Waals surface area contributed by atoms with Gasteiger partial charge in [0.05, 0.1) is 16.8 Å². The minimum absolute atomic E-state index is 0.0201. The minimum atomic E-state index is -3.67. The largest absolute Gasteiger partial charge is 0.340 e. The summed E-state index contributed by atoms with van der Waals surface area (Å²) in [5.41, 5.74) is 2.76. The van der Waals surface area contributed by atoms with Crippen molar-refractivity contribution < 1.29 is 13.2 Å². The van der Waals surface area contributed by atoms with Crippen LogP contribution in [0.2, 0.25) is 0 Å². The second-order valence-corrected chi connectivity index (χ2v) is 7.98. The number of Topliss-reactive ketones (excluding diaryl/α,β-unsaturated/α-hetero) is 1. The third-order valence-corrected chi connectivity index (χ3v) is 5.60. The molecule has 0 aliphatic rings. The van der Waals surface area contributed by atoms with Crippen molar-refractivity contribution in [3.63, 3.8) is 0 Å². The van der Waals surface area contributed by atoms with E-state index in [0.29, 0.717) is 17.1 Å². The van der Waals surface area contributed by atoms with Gasteiger partial charge in [-0.2, -0.15) is 0 Å². The predicted octanol–water partition coefficient (Wildman–Crippen LogP) is 4.39. The van der Waals surface area contributed by atoms with Crippen LogP contribution in [0.1, 0.15) is 29.8 Å². The Balaban J connectivity index is 1.71. The van der Waals surface area contributed by atoms with Crippen LogP contribution in [0.5, 0.6) is 0 Å². The van der Waals surface area contributed by atoms with Crippen LogP contribution in [-0.4, -0.2) is 19.2 Å². The Hall–Kier alpha value is -3.19. The van der Waals surface area contributed by atoms with Crippen molar-refractivity contribution in [3.05, 3.63) is 78.0 Å². The SMILES string of the molecule is CCc1ccc(S(=O)(=O)Nc2ccc(Nc3cccc(C(C)=O)c3)nc2)cc1. The molecule has 1 aromatic heterocycles. The highest BCUT2D eigenvalue weighted by molar-refractivity contribution is 7.92. The maximum Gasteiger partial charge on any atom is 0.261 e. The van der Waals surface area contributed by atoms with Crippen LogP contribution in [-0.2, 0) is 16.4 Å². The van der Waals surface area contributed by atoms with E-state index in [1.54, 1.807) is 54.6 Å². The number of carbonyl (C=O) groups is 1. The minimum Gasteiger partial charge on any atom is -0.340 e. The summed E-state index contributed by atoms with van der Waals surface area (Å²) in [5.74, 6) is 0.518. The first-order chi connectivity index (χ1) is 13.4. The smallest absolute Gasteiger partial charge is 0.261 e. The van der Waals surface area contributed by atoms with Crippen molar-refractivity contribution in [1.82, 2.24) is 4.98 Å². The van der Waals surface area contributed by atoms with Gasteiger partial charge in [0.25, 0.3) is 10.0 Å². The van der Waals surface area contributed by atoms with Gasteiger partial charge in [-0.1, -0.05) is 31.2 Å². The number of carbonyl (C=O) groups excluding carboxylic acids is 1. The first kappa shape index (κ1) is 19.6. The maximum atomic E-state index is 12.5. The Kier molecular flexibility index (Phi) is 5.75. The number of sulfonamides is 1. The van der Waals surface area contributed by atoms with Crippen LogP contribution in [0, 0.1) is 0 Å². The number of ketones is 1. The van der Waals surface area contributed by atoms with Crippen LogP contribution in [0.3, 0.4) is 0 Å². The summed E-state index contributed by atoms with van der Waals surface area (Å²) < 4.78 is 27.5. The van der Waals surface area contributed by atoms with Crippen molar-refractivity contribution in [2.75, 3.05) is 10.0 Å². The molecule has 0 saturated heterocycles. The van der Waals surface area contributed by atoms with Gasteiger partial charge in [0.1, 0.15) is 5.82 Å². The fraction of sp³-hybridized carbons (Fsp3) is 0.143. The first-order valence-corrected chi connectivity index (χ1v) is 10.3. The Labute approximate surface area is 164 Å². The molecule has 0 bridgehead atoms. The van der Waals surface area contributed by atoms with Crippen molar-refractivity contribution in [3.8, 4) is 0 Å². The molecule has 3 rings (SSSR count). The van der Waals surface area contributed by atoms with Crippen LogP contribution >= 0.6 is 0 Å². The molecule has 0 unspecified atom stereocenters. The van der Waals surface area contributed by atoms with Crippen molar-refractivity contribution in [2.24, 2.45) is 0 Å². The fourth-order valence-electron chi connectivity index (χ4n) is 2.61. The topological polar surface area (TPSA) is 88.2 Å². The standard InChI is InChI=1S/C21H21N3O3S/c1-3-16-7-10-20(11-8-16)28(26,27)24-19-9-12-21(22-14-19)23-18-6-4-5-17(13-18)15(2)25/h4-14,24H,3H2,1-2H3,(H,22,23). The normalized spacial score (nSPS) is 11.1. The monoisotopic (exact) mass is 395 g/mol. The molecule has 2 N–H and O–H groups in total. The molecule has 0 radical (unpaired) electrons. The van der Waals surface area contributed by atoms with Crippen LogP contribution < -0.4 is 10.0 Å². The summed E-state index contributed by atoms with van der Waals surface area (Å²) in [5, 5.41) is 3.09. The van der Waals surface area contributed by atoms with Gasteiger partial charge in [0, 0.05) is 11.3 Å². The first-order valence-electron chi connectivity index (χ1n) is 8.83. The summed E-state index contributed by atoms with van der Waals surface area (Å²) in [6.07, 6.45) is 2.29. The molecule has 0 aliphatic carbocycles. The van der Waals surface area contributed by atoms with Gasteiger partial charge in [0.2, 0.25) is 0 Å². The molecule has 0 atom stereocenters. The Bertz CT molecular complexity index is 1080. The summed E-state index contributed by atoms with van der Waals surface area (Å²) in [6, 6.07) is 17.2. The molecule has 2 aromatic carbocycles. The predicted molar refractivity (Wildman–Crippen MR) is 111 cm³/mol. The quantitative estimate of drug-likeness (QED) is 0.579. The average molecular weight is 395 g/mol. The Morgan fingerprint density at radius 2 is 1.75 bits per heavy atom. The fourth-order valence-corrected chi connectivity index (χ4v) is 3.65. The number of anilines is 3. The average Bonchev–Trinajstić information content (AvgIpc) is 2.69. The van der Waals surface area contributed by atoms with Crippen molar-refractivity contribution >= 4 is 33.0 Å². The molecular weight excluding hydrogens is 374 g/mol. The van der Waals surface area contributed by atoms with Gasteiger partial charge >= 0.3 is 0 Å². The Morgan fingerprint density at radius 3 is 2.36 bits per heavy atom. The number of rotatable bonds is 7. The van der Waals surface area contributed by atoms with Crippen LogP contribution in [0.25, 0.3) is 0 Å². The second kappa shape index (κ2) is 8.22. The Morgan fingerprint density at radius 1 is 1.00 bits per heavy atom. The number of aryl methyl sites for hydroxylation is 1. The van der Waals surface area contributed by atoms with E-state index in [2.05, 4.69) is 15.0 Å². The van der Waals surface area contributed by atoms with Crippen molar-refractivity contribution in [1.29, 1.82) is 0 Å². The van der Waals surface area contributed by atoms with Gasteiger partial charge in [-0.25, -0.2) is 13.4 Å². The van der Waals surface area contributed by atoms with E-state index in [4.69, 9.17) is 0 Å². The lowest BCUT2D eigenvalue weighted by molar-refractivity contribution is 0.101. The maximum absolute atomic E-state index is 12.5. The molecule has 144 valence electrons. The highest BCUT2D eigenvalue weighted by atomic mass is 32.2. The molecule has 7 heteroatoms. The number of benzene rings is 2. The second-order valence-electron chi connectivity index (χ2n) is 6.30. The van der Waals surface area contributed by atoms with Gasteiger partial charge in [0.15, 0.2) is 5.78 Å². The number of nitrogens with zero attached hydrogens (tertiary/aromatic N) is 1. The third kappa shape index (κ3) is 4.75. The molecule has 0 aliphatic heterocycles. The summed E-state index contributed by atoms with van der Waals surface area (Å²) in [6.45, 7) is 3.52. The number of pyridine rings is 1. The summed E-state index contributed by atoms with van der Waals surface area (Å²) in [4.78, 5) is 15.9. The molecule has 1 heterocycles. The number of hydrogen-bond donors (Lipinski definition) is 2. The van der Waals surface area contributed by atoms with Gasteiger partial charge < -0.3 is 5.32 Å². The molecule has 0 fully saturated rings. The van der Waals surface area contributed by atoms with E-state index in [0.717, 1.165) is 17.7 Å². The van der Waals surface area contributed by atoms with Gasteiger partial charge in [-0.3, -0.25) is 9.52 Å². The molecule has 28 heavy (non-hydrogen) atoms. The molecule has 3 aromatic rings. The molecule has 6 nitrogen and oxygen atoms in total. The lowest BCUT2D eigenvalue weighted by Gasteiger charge is -2.10. The van der Waals surface area contributed by atoms with Crippen LogP contribution in [0.4, 0.5) is 17.2 Å². The van der Waals surface area contributed by atoms with Crippen molar-refractivity contribution in [2.45, 2.75) is 25.2 Å². The summed E-state index contributed by atoms with van der Waals surface area (Å²) >= 11 is 0. The highest BCUT2D eigenvalue weighted by Crippen LogP contribution is 2.20. The van der Waals surface area contributed by atoms with E-state index in [1.807, 2.05) is 13.0 Å². The lowest BCUT2D eigenvalue weighted by atomic mass is 10.1. The van der Waals surface area contributed by atoms with E-state index in [9.17, 15) is 13.2 Å². The molecule has 0 saturated carbocycles. The zero-order chi connectivity index (χ0) is 20.1. The van der Waals surface area contributed by atoms with E-state index < -0.39 is 10.0 Å². The van der Waals surface area contributed by atoms with Crippen LogP contribution in [0.15, 0.2) is 71.8 Å². The number of hydrogen-bond acceptors (Lipinski definition) is 5. The third-order valence-electron chi connectivity index (χ3n) is 4.20. The van der Waals surface area contributed by atoms with E-state index in [1.165, 1.54) is 13.1 Å². The van der Waals surface area contributed by atoms with Gasteiger partial charge in [-0.05, 0) is 55.3 Å². The number of aromatic nitrogens is 1. The van der Waals surface area contributed by atoms with E-state index in [-0.39, 0.29) is 10.7 Å². The number of nitrogens with one attached hydrogen (secondary N) is 2. The lowest BCUT2D eigenvalue weighted by Crippen LogP contribution is -2.13. The molecular formula is C21H21N3O3S. The zero-order valence-corrected chi connectivity index (χ0v) is 16.5. The zero-order valence-electron chi connectivity index (χ0n) is 15.6. The molecule has 0 amide bonds. The highest BCUT2D eigenvalue weighted by Gasteiger charge is 2.14. The molecule has 0 spiro atoms. The van der Waals surface area contributed by atoms with E-state index >= 15 is 0 Å². The van der Waals surface area contributed by atoms with Gasteiger partial charge in [-0.15, -0.1) is 0 Å².